The fourth-order valence-corrected chi connectivity index (χ4v) is 0.451. The lowest BCUT2D eigenvalue weighted by Gasteiger charge is -1.92. The monoisotopic (exact) mass is 100 g/mol. The number of hydrogen-bond donors (Lipinski definition) is 1. The molecule has 0 rings (SSSR count). The number of unbranched alkanes of at least 4 members (excludes halogenated alkanes) is 2. The molecule has 0 aliphatic rings. The minimum Gasteiger partial charge on any atom is -0.315 e. The molecule has 1 N–H and O–H groups in total. The molecular weight excluding hydrogens is 86.1 g/mol. The molecule has 1 heteroatoms. The lowest BCUT2D eigenvalue weighted by Crippen LogP contribution is -1.99. The van der Waals surface area contributed by atoms with Gasteiger partial charge in [0.25, 0.3) is 0 Å². The summed E-state index contributed by atoms with van der Waals surface area (Å²) in [4.78, 5) is 0. The smallest absolute Gasteiger partial charge is 0.0218 e. The normalized spacial score (nSPS) is 9.43. The molecule has 0 unspecified atom stereocenters. The van der Waals surface area contributed by atoms with Crippen LogP contribution >= 0.6 is 0 Å². The Morgan fingerprint density at radius 3 is 2.71 bits per heavy atom. The van der Waals surface area contributed by atoms with Crippen LogP contribution in [0.2, 0.25) is 0 Å². The van der Waals surface area contributed by atoms with Crippen LogP contribution in [-0.2, 0) is 0 Å². The summed E-state index contributed by atoms with van der Waals surface area (Å²) < 4.78 is 0. The van der Waals surface area contributed by atoms with Crippen LogP contribution in [0.5, 0.6) is 0 Å². The van der Waals surface area contributed by atoms with Gasteiger partial charge in [0.05, 0.1) is 0 Å². The third-order valence-corrected chi connectivity index (χ3v) is 0.906. The highest BCUT2D eigenvalue weighted by Gasteiger charge is 1.79. The first kappa shape index (κ1) is 6.96. The third-order valence-electron chi connectivity index (χ3n) is 0.906. The minimum absolute atomic E-state index is 1.20. The Bertz CT molecular complexity index is 23.4. The Balaban J connectivity index is 2.45. The molecule has 0 aromatic carbocycles. The molecule has 0 bridgehead atoms. The van der Waals surface area contributed by atoms with Crippen molar-refractivity contribution in [2.45, 2.75) is 26.2 Å². The maximum absolute atomic E-state index is 2.98. The highest BCUT2D eigenvalue weighted by molar-refractivity contribution is 4.55. The summed E-state index contributed by atoms with van der Waals surface area (Å²) in [6.45, 7) is 4.28. The van der Waals surface area contributed by atoms with Crippen molar-refractivity contribution in [1.29, 1.82) is 0 Å². The van der Waals surface area contributed by atoms with Gasteiger partial charge in [-0.15, -0.1) is 0 Å². The molecule has 1 nitrogen and oxygen atoms in total. The maximum Gasteiger partial charge on any atom is 0.0218 e. The lowest BCUT2D eigenvalue weighted by molar-refractivity contribution is 0.738. The fourth-order valence-electron chi connectivity index (χ4n) is 0.451. The molecule has 0 fully saturated rings. The number of rotatable bonds is 4. The molecule has 0 saturated heterocycles. The van der Waals surface area contributed by atoms with Gasteiger partial charge in [0.2, 0.25) is 0 Å². The lowest BCUT2D eigenvalue weighted by atomic mass is 10.2. The van der Waals surface area contributed by atoms with Crippen LogP contribution in [-0.4, -0.2) is 7.05 Å². The predicted molar refractivity (Wildman–Crippen MR) is 32.9 cm³/mol. The summed E-state index contributed by atoms with van der Waals surface area (Å²) in [5, 5.41) is 2.98. The quantitative estimate of drug-likeness (QED) is 0.529. The van der Waals surface area contributed by atoms with Gasteiger partial charge in [0.15, 0.2) is 0 Å². The van der Waals surface area contributed by atoms with E-state index in [1.54, 1.807) is 0 Å². The molecule has 0 atom stereocenters. The van der Waals surface area contributed by atoms with Crippen LogP contribution in [0.3, 0.4) is 0 Å². The standard InChI is InChI=1S/C6H14N/c1-3-4-5-6-7-2/h6-7H,3-5H2,1-2H3. The Morgan fingerprint density at radius 2 is 2.29 bits per heavy atom. The van der Waals surface area contributed by atoms with Gasteiger partial charge in [0.1, 0.15) is 0 Å². The second kappa shape index (κ2) is 5.96. The van der Waals surface area contributed by atoms with Crippen molar-refractivity contribution in [1.82, 2.24) is 5.32 Å². The van der Waals surface area contributed by atoms with Crippen molar-refractivity contribution in [2.24, 2.45) is 0 Å². The van der Waals surface area contributed by atoms with Crippen LogP contribution < -0.4 is 5.32 Å². The molecule has 0 spiro atoms. The summed E-state index contributed by atoms with van der Waals surface area (Å²) in [5.74, 6) is 0. The first-order valence-corrected chi connectivity index (χ1v) is 2.90. The molecule has 7 heavy (non-hydrogen) atoms. The molecule has 0 aliphatic heterocycles. The maximum atomic E-state index is 2.98. The topological polar surface area (TPSA) is 12.0 Å². The van der Waals surface area contributed by atoms with Gasteiger partial charge in [-0.25, -0.2) is 0 Å². The molecule has 1 radical (unpaired) electrons. The zero-order chi connectivity index (χ0) is 5.54. The van der Waals surface area contributed by atoms with Crippen LogP contribution in [0.25, 0.3) is 0 Å². The summed E-state index contributed by atoms with van der Waals surface area (Å²) >= 11 is 0. The van der Waals surface area contributed by atoms with Crippen LogP contribution in [0.1, 0.15) is 26.2 Å². The summed E-state index contributed by atoms with van der Waals surface area (Å²) in [5.41, 5.74) is 0. The largest absolute Gasteiger partial charge is 0.315 e. The molecule has 0 aromatic rings. The van der Waals surface area contributed by atoms with Gasteiger partial charge in [-0.05, 0) is 13.5 Å². The Kier molecular flexibility index (Phi) is 5.93. The molecule has 0 amide bonds. The third kappa shape index (κ3) is 5.96. The number of nitrogens with one attached hydrogen (secondary N) is 1. The molecule has 43 valence electrons. The van der Waals surface area contributed by atoms with Gasteiger partial charge in [-0.2, -0.15) is 0 Å². The minimum atomic E-state index is 1.20. The van der Waals surface area contributed by atoms with Gasteiger partial charge in [0, 0.05) is 6.54 Å². The van der Waals surface area contributed by atoms with Crippen LogP contribution in [0.15, 0.2) is 0 Å². The second-order valence-electron chi connectivity index (χ2n) is 1.64. The predicted octanol–water partition coefficient (Wildman–Crippen LogP) is 1.56. The van der Waals surface area contributed by atoms with E-state index in [2.05, 4.69) is 18.8 Å². The molecular formula is C6H14N. The van der Waals surface area contributed by atoms with E-state index in [1.807, 2.05) is 7.05 Å². The van der Waals surface area contributed by atoms with Gasteiger partial charge in [-0.3, -0.25) is 0 Å². The van der Waals surface area contributed by atoms with Crippen LogP contribution in [0.4, 0.5) is 0 Å². The Morgan fingerprint density at radius 1 is 1.57 bits per heavy atom. The van der Waals surface area contributed by atoms with E-state index in [-0.39, 0.29) is 0 Å². The van der Waals surface area contributed by atoms with Crippen molar-refractivity contribution < 1.29 is 0 Å². The SMILES string of the molecule is CCCC[CH]NC. The molecule has 0 aliphatic carbocycles. The fraction of sp³-hybridized carbons (Fsp3) is 0.833. The van der Waals surface area contributed by atoms with Gasteiger partial charge >= 0.3 is 0 Å². The summed E-state index contributed by atoms with van der Waals surface area (Å²) in [6.07, 6.45) is 3.80. The average molecular weight is 100 g/mol. The van der Waals surface area contributed by atoms with Crippen molar-refractivity contribution in [3.8, 4) is 0 Å². The van der Waals surface area contributed by atoms with E-state index >= 15 is 0 Å². The van der Waals surface area contributed by atoms with Crippen molar-refractivity contribution >= 4 is 0 Å². The zero-order valence-corrected chi connectivity index (χ0v) is 5.20. The van der Waals surface area contributed by atoms with Gasteiger partial charge in [-0.1, -0.05) is 19.8 Å². The Labute approximate surface area is 46.1 Å². The van der Waals surface area contributed by atoms with E-state index in [0.29, 0.717) is 0 Å². The summed E-state index contributed by atoms with van der Waals surface area (Å²) in [7, 11) is 1.94. The average Bonchev–Trinajstić information content (AvgIpc) is 1.69. The van der Waals surface area contributed by atoms with E-state index in [9.17, 15) is 0 Å². The highest BCUT2D eigenvalue weighted by Crippen LogP contribution is 1.92. The summed E-state index contributed by atoms with van der Waals surface area (Å²) in [6, 6.07) is 0. The van der Waals surface area contributed by atoms with E-state index in [1.165, 1.54) is 19.3 Å². The second-order valence-corrected chi connectivity index (χ2v) is 1.64. The van der Waals surface area contributed by atoms with Gasteiger partial charge < -0.3 is 5.32 Å². The molecule has 0 heterocycles. The van der Waals surface area contributed by atoms with E-state index in [0.717, 1.165) is 0 Å². The molecule has 0 saturated carbocycles. The van der Waals surface area contributed by atoms with E-state index < -0.39 is 0 Å². The van der Waals surface area contributed by atoms with Crippen molar-refractivity contribution in [2.75, 3.05) is 7.05 Å². The zero-order valence-electron chi connectivity index (χ0n) is 5.20. The highest BCUT2D eigenvalue weighted by atomic mass is 14.8. The van der Waals surface area contributed by atoms with Crippen LogP contribution in [0, 0.1) is 6.54 Å². The first-order valence-electron chi connectivity index (χ1n) is 2.90. The van der Waals surface area contributed by atoms with Crippen molar-refractivity contribution in [3.05, 3.63) is 6.54 Å². The van der Waals surface area contributed by atoms with E-state index in [4.69, 9.17) is 0 Å². The molecule has 0 aromatic heterocycles. The van der Waals surface area contributed by atoms with Crippen molar-refractivity contribution in [3.63, 3.8) is 0 Å². The number of hydrogen-bond acceptors (Lipinski definition) is 1. The Hall–Kier alpha value is -0.0400. The first-order chi connectivity index (χ1) is 3.41.